The Bertz CT molecular complexity index is 345. The second kappa shape index (κ2) is 4.12. The molecule has 1 aromatic rings. The summed E-state index contributed by atoms with van der Waals surface area (Å²) in [6.45, 7) is 3.72. The maximum absolute atomic E-state index is 11.3. The van der Waals surface area contributed by atoms with E-state index in [0.717, 1.165) is 11.1 Å². The van der Waals surface area contributed by atoms with Crippen LogP contribution in [0.15, 0.2) is 12.1 Å². The van der Waals surface area contributed by atoms with Gasteiger partial charge in [0.25, 0.3) is 0 Å². The minimum Gasteiger partial charge on any atom is -0.293 e. The summed E-state index contributed by atoms with van der Waals surface area (Å²) < 4.78 is 0. The van der Waals surface area contributed by atoms with E-state index < -0.39 is 0 Å². The summed E-state index contributed by atoms with van der Waals surface area (Å²) in [7, 11) is 0. The fraction of sp³-hybridized carbons (Fsp3) is 0.300. The van der Waals surface area contributed by atoms with E-state index in [4.69, 9.17) is 23.2 Å². The van der Waals surface area contributed by atoms with Crippen molar-refractivity contribution in [1.29, 1.82) is 0 Å². The van der Waals surface area contributed by atoms with Crippen LogP contribution in [0.4, 0.5) is 0 Å². The van der Waals surface area contributed by atoms with E-state index in [1.54, 1.807) is 12.1 Å². The molecule has 1 nitrogen and oxygen atoms in total. The molecule has 0 radical (unpaired) electrons. The lowest BCUT2D eigenvalue weighted by atomic mass is 10.0. The summed E-state index contributed by atoms with van der Waals surface area (Å²) >= 11 is 11.4. The van der Waals surface area contributed by atoms with Crippen molar-refractivity contribution in [3.05, 3.63) is 33.8 Å². The number of aryl methyl sites for hydroxylation is 2. The van der Waals surface area contributed by atoms with E-state index in [2.05, 4.69) is 0 Å². The van der Waals surface area contributed by atoms with E-state index >= 15 is 0 Å². The number of hydrogen-bond donors (Lipinski definition) is 0. The maximum atomic E-state index is 11.3. The lowest BCUT2D eigenvalue weighted by Crippen LogP contribution is -2.03. The molecule has 13 heavy (non-hydrogen) atoms. The van der Waals surface area contributed by atoms with Crippen molar-refractivity contribution in [3.63, 3.8) is 0 Å². The first kappa shape index (κ1) is 10.6. The number of alkyl halides is 1. The quantitative estimate of drug-likeness (QED) is 0.548. The lowest BCUT2D eigenvalue weighted by Gasteiger charge is -2.05. The van der Waals surface area contributed by atoms with E-state index in [-0.39, 0.29) is 11.7 Å². The Morgan fingerprint density at radius 2 is 1.92 bits per heavy atom. The Hall–Kier alpha value is -0.530. The highest BCUT2D eigenvalue weighted by Gasteiger charge is 2.09. The molecule has 0 fully saturated rings. The molecule has 0 unspecified atom stereocenters. The summed E-state index contributed by atoms with van der Waals surface area (Å²) in [4.78, 5) is 11.3. The van der Waals surface area contributed by atoms with E-state index in [0.29, 0.717) is 10.6 Å². The lowest BCUT2D eigenvalue weighted by molar-refractivity contribution is 0.102. The zero-order valence-electron chi connectivity index (χ0n) is 7.53. The Balaban J connectivity index is 3.23. The largest absolute Gasteiger partial charge is 0.293 e. The standard InChI is InChI=1S/C10H10Cl2O/c1-6-4-9(12)7(2)3-8(6)10(13)5-11/h3-4H,5H2,1-2H3. The van der Waals surface area contributed by atoms with E-state index in [1.165, 1.54) is 0 Å². The van der Waals surface area contributed by atoms with Gasteiger partial charge in [0.2, 0.25) is 0 Å². The minimum absolute atomic E-state index is 0.0158. The van der Waals surface area contributed by atoms with Gasteiger partial charge in [-0.15, -0.1) is 11.6 Å². The van der Waals surface area contributed by atoms with Gasteiger partial charge in [0.05, 0.1) is 5.88 Å². The number of carbonyl (C=O) groups is 1. The molecular formula is C10H10Cl2O. The first-order chi connectivity index (χ1) is 6.06. The summed E-state index contributed by atoms with van der Waals surface area (Å²) in [6, 6.07) is 3.57. The van der Waals surface area contributed by atoms with Crippen LogP contribution in [0.25, 0.3) is 0 Å². The van der Waals surface area contributed by atoms with Crippen LogP contribution in [0.2, 0.25) is 5.02 Å². The number of hydrogen-bond acceptors (Lipinski definition) is 1. The third-order valence-corrected chi connectivity index (χ3v) is 2.58. The molecule has 1 aromatic carbocycles. The predicted octanol–water partition coefficient (Wildman–Crippen LogP) is 3.38. The topological polar surface area (TPSA) is 17.1 Å². The smallest absolute Gasteiger partial charge is 0.177 e. The Morgan fingerprint density at radius 1 is 1.31 bits per heavy atom. The zero-order valence-corrected chi connectivity index (χ0v) is 9.04. The molecule has 0 aliphatic heterocycles. The summed E-state index contributed by atoms with van der Waals surface area (Å²) in [6.07, 6.45) is 0. The molecular weight excluding hydrogens is 207 g/mol. The van der Waals surface area contributed by atoms with Crippen LogP contribution < -0.4 is 0 Å². The average Bonchev–Trinajstić information content (AvgIpc) is 2.10. The highest BCUT2D eigenvalue weighted by atomic mass is 35.5. The molecule has 0 aromatic heterocycles. The molecule has 0 aliphatic rings. The molecule has 0 aliphatic carbocycles. The van der Waals surface area contributed by atoms with Crippen molar-refractivity contribution in [2.75, 3.05) is 5.88 Å². The average molecular weight is 217 g/mol. The molecule has 0 amide bonds. The first-order valence-electron chi connectivity index (χ1n) is 3.92. The first-order valence-corrected chi connectivity index (χ1v) is 4.83. The van der Waals surface area contributed by atoms with Gasteiger partial charge in [0.1, 0.15) is 0 Å². The summed E-state index contributed by atoms with van der Waals surface area (Å²) in [5.41, 5.74) is 2.44. The second-order valence-corrected chi connectivity index (χ2v) is 3.65. The van der Waals surface area contributed by atoms with Gasteiger partial charge in [-0.2, -0.15) is 0 Å². The van der Waals surface area contributed by atoms with Crippen molar-refractivity contribution >= 4 is 29.0 Å². The fourth-order valence-electron chi connectivity index (χ4n) is 1.15. The number of carbonyl (C=O) groups excluding carboxylic acids is 1. The molecule has 0 bridgehead atoms. The molecule has 1 rings (SSSR count). The number of Topliss-reactive ketones (excluding diaryl/α,β-unsaturated/α-hetero) is 1. The Morgan fingerprint density at radius 3 is 2.46 bits per heavy atom. The minimum atomic E-state index is -0.0565. The number of rotatable bonds is 2. The molecule has 0 saturated carbocycles. The van der Waals surface area contributed by atoms with Gasteiger partial charge in [-0.25, -0.2) is 0 Å². The molecule has 0 N–H and O–H groups in total. The molecule has 70 valence electrons. The Labute approximate surface area is 87.7 Å². The number of benzene rings is 1. The van der Waals surface area contributed by atoms with Crippen molar-refractivity contribution in [3.8, 4) is 0 Å². The van der Waals surface area contributed by atoms with Crippen molar-refractivity contribution in [2.24, 2.45) is 0 Å². The summed E-state index contributed by atoms with van der Waals surface area (Å²) in [5.74, 6) is -0.0408. The fourth-order valence-corrected chi connectivity index (χ4v) is 1.52. The van der Waals surface area contributed by atoms with Gasteiger partial charge in [-0.1, -0.05) is 11.6 Å². The molecule has 0 atom stereocenters. The molecule has 0 spiro atoms. The normalized spacial score (nSPS) is 10.2. The maximum Gasteiger partial charge on any atom is 0.177 e. The van der Waals surface area contributed by atoms with Crippen molar-refractivity contribution < 1.29 is 4.79 Å². The van der Waals surface area contributed by atoms with Gasteiger partial charge in [-0.05, 0) is 37.1 Å². The van der Waals surface area contributed by atoms with Gasteiger partial charge in [-0.3, -0.25) is 4.79 Å². The van der Waals surface area contributed by atoms with Crippen LogP contribution in [0, 0.1) is 13.8 Å². The summed E-state index contributed by atoms with van der Waals surface area (Å²) in [5, 5.41) is 0.684. The third-order valence-electron chi connectivity index (χ3n) is 1.93. The Kier molecular flexibility index (Phi) is 3.34. The molecule has 0 saturated heterocycles. The van der Waals surface area contributed by atoms with Crippen LogP contribution >= 0.6 is 23.2 Å². The third kappa shape index (κ3) is 2.23. The van der Waals surface area contributed by atoms with Gasteiger partial charge >= 0.3 is 0 Å². The van der Waals surface area contributed by atoms with E-state index in [9.17, 15) is 4.79 Å². The predicted molar refractivity (Wildman–Crippen MR) is 56.0 cm³/mol. The van der Waals surface area contributed by atoms with E-state index in [1.807, 2.05) is 13.8 Å². The van der Waals surface area contributed by atoms with Crippen LogP contribution in [-0.2, 0) is 0 Å². The zero-order chi connectivity index (χ0) is 10.0. The molecule has 3 heteroatoms. The van der Waals surface area contributed by atoms with Crippen LogP contribution in [-0.4, -0.2) is 11.7 Å². The van der Waals surface area contributed by atoms with Crippen molar-refractivity contribution in [1.82, 2.24) is 0 Å². The highest BCUT2D eigenvalue weighted by Crippen LogP contribution is 2.20. The number of ketones is 1. The van der Waals surface area contributed by atoms with Crippen LogP contribution in [0.3, 0.4) is 0 Å². The van der Waals surface area contributed by atoms with Crippen LogP contribution in [0.1, 0.15) is 21.5 Å². The van der Waals surface area contributed by atoms with Crippen molar-refractivity contribution in [2.45, 2.75) is 13.8 Å². The number of halogens is 2. The van der Waals surface area contributed by atoms with Gasteiger partial charge in [0.15, 0.2) is 5.78 Å². The second-order valence-electron chi connectivity index (χ2n) is 2.97. The monoisotopic (exact) mass is 216 g/mol. The van der Waals surface area contributed by atoms with Gasteiger partial charge < -0.3 is 0 Å². The molecule has 0 heterocycles. The SMILES string of the molecule is Cc1cc(C(=O)CCl)c(C)cc1Cl. The van der Waals surface area contributed by atoms with Gasteiger partial charge in [0, 0.05) is 10.6 Å². The highest BCUT2D eigenvalue weighted by molar-refractivity contribution is 6.32. The van der Waals surface area contributed by atoms with Crippen LogP contribution in [0.5, 0.6) is 0 Å².